The van der Waals surface area contributed by atoms with Crippen LogP contribution in [-0.2, 0) is 0 Å². The molecule has 3 rings (SSSR count). The summed E-state index contributed by atoms with van der Waals surface area (Å²) in [6.07, 6.45) is 1.82. The lowest BCUT2D eigenvalue weighted by molar-refractivity contribution is 0.365. The van der Waals surface area contributed by atoms with Crippen LogP contribution in [0.15, 0.2) is 19.8 Å². The van der Waals surface area contributed by atoms with E-state index < -0.39 is 0 Å². The van der Waals surface area contributed by atoms with Crippen LogP contribution in [0.1, 0.15) is 164 Å². The highest BCUT2D eigenvalue weighted by Gasteiger charge is 2.19. The molecule has 3 heterocycles. The molecule has 6 nitrogen and oxygen atoms in total. The lowest BCUT2D eigenvalue weighted by Gasteiger charge is -2.07. The molecule has 0 spiro atoms. The predicted molar refractivity (Wildman–Crippen MR) is 144 cm³/mol. The van der Waals surface area contributed by atoms with Crippen LogP contribution in [0.3, 0.4) is 0 Å². The Labute approximate surface area is 213 Å². The van der Waals surface area contributed by atoms with Crippen molar-refractivity contribution in [3.63, 3.8) is 0 Å². The lowest BCUT2D eigenvalue weighted by Crippen LogP contribution is -1.95. The van der Waals surface area contributed by atoms with Crippen molar-refractivity contribution in [1.82, 2.24) is 15.5 Å². The van der Waals surface area contributed by atoms with Crippen LogP contribution in [-0.4, -0.2) is 15.5 Å². The first-order valence-electron chi connectivity index (χ1n) is 13.1. The molecule has 0 aromatic carbocycles. The van der Waals surface area contributed by atoms with Gasteiger partial charge in [0.2, 0.25) is 0 Å². The summed E-state index contributed by atoms with van der Waals surface area (Å²) in [5.74, 6) is 5.95. The van der Waals surface area contributed by atoms with E-state index in [1.807, 2.05) is 20.0 Å². The Kier molecular flexibility index (Phi) is 12.0. The van der Waals surface area contributed by atoms with Crippen molar-refractivity contribution in [2.75, 3.05) is 0 Å². The molecule has 0 N–H and O–H groups in total. The van der Waals surface area contributed by atoms with E-state index in [0.717, 1.165) is 28.7 Å². The Morgan fingerprint density at radius 3 is 1.09 bits per heavy atom. The van der Waals surface area contributed by atoms with Crippen LogP contribution in [0, 0.1) is 13.8 Å². The third kappa shape index (κ3) is 8.36. The molecule has 0 bridgehead atoms. The van der Waals surface area contributed by atoms with Crippen molar-refractivity contribution < 1.29 is 13.6 Å². The zero-order chi connectivity index (χ0) is 27.0. The van der Waals surface area contributed by atoms with Gasteiger partial charge in [0, 0.05) is 34.4 Å². The van der Waals surface area contributed by atoms with Gasteiger partial charge in [-0.05, 0) is 31.6 Å². The van der Waals surface area contributed by atoms with E-state index in [2.05, 4.69) is 98.6 Å². The fraction of sp³-hybridized carbons (Fsp3) is 0.690. The molecule has 0 aliphatic rings. The summed E-state index contributed by atoms with van der Waals surface area (Å²) >= 11 is 0. The van der Waals surface area contributed by atoms with Gasteiger partial charge in [0.25, 0.3) is 0 Å². The van der Waals surface area contributed by atoms with Crippen molar-refractivity contribution in [2.24, 2.45) is 0 Å². The highest BCUT2D eigenvalue weighted by molar-refractivity contribution is 5.28. The second-order valence-electron chi connectivity index (χ2n) is 11.2. The van der Waals surface area contributed by atoms with Crippen LogP contribution in [0.5, 0.6) is 0 Å². The van der Waals surface area contributed by atoms with Gasteiger partial charge in [-0.25, -0.2) is 0 Å². The summed E-state index contributed by atoms with van der Waals surface area (Å²) in [5.41, 5.74) is 5.87. The molecule has 0 aliphatic carbocycles. The summed E-state index contributed by atoms with van der Waals surface area (Å²) in [6, 6.07) is 0. The van der Waals surface area contributed by atoms with Gasteiger partial charge in [0.05, 0.1) is 17.6 Å². The minimum Gasteiger partial charge on any atom is -0.361 e. The molecule has 0 saturated carbocycles. The second-order valence-corrected chi connectivity index (χ2v) is 11.2. The van der Waals surface area contributed by atoms with E-state index in [1.165, 1.54) is 16.7 Å². The topological polar surface area (TPSA) is 78.1 Å². The maximum atomic E-state index is 5.27. The molecule has 0 amide bonds. The average Bonchev–Trinajstić information content (AvgIpc) is 3.46. The van der Waals surface area contributed by atoms with Crippen molar-refractivity contribution in [3.8, 4) is 0 Å². The minimum atomic E-state index is 0.434. The first-order valence-corrected chi connectivity index (χ1v) is 13.1. The molecule has 6 heteroatoms. The molecule has 0 aliphatic heterocycles. The third-order valence-electron chi connectivity index (χ3n) is 5.85. The molecule has 198 valence electrons. The van der Waals surface area contributed by atoms with Gasteiger partial charge in [-0.2, -0.15) is 0 Å². The Hall–Kier alpha value is -2.37. The zero-order valence-corrected chi connectivity index (χ0v) is 24.6. The average molecular weight is 488 g/mol. The Morgan fingerprint density at radius 1 is 0.486 bits per heavy atom. The van der Waals surface area contributed by atoms with E-state index >= 15 is 0 Å². The van der Waals surface area contributed by atoms with E-state index in [1.54, 1.807) is 0 Å². The molecular formula is C29H49N3O3. The number of hydrogen-bond donors (Lipinski definition) is 0. The monoisotopic (exact) mass is 487 g/mol. The first-order chi connectivity index (χ1) is 16.2. The fourth-order valence-corrected chi connectivity index (χ4v) is 4.15. The van der Waals surface area contributed by atoms with Crippen molar-refractivity contribution >= 4 is 0 Å². The number of nitrogens with zero attached hydrogens (tertiary/aromatic N) is 3. The molecule has 3 aromatic rings. The highest BCUT2D eigenvalue weighted by atomic mass is 16.5. The SMILES string of the molecule is CC(C)c1cnoc1C(C)C.Cc1noc(C(C)C)c1C(C)C.Cc1noc(C(C)C)c1C(C)C. The van der Waals surface area contributed by atoms with Gasteiger partial charge < -0.3 is 13.6 Å². The van der Waals surface area contributed by atoms with Gasteiger partial charge in [-0.15, -0.1) is 0 Å². The minimum absolute atomic E-state index is 0.434. The maximum Gasteiger partial charge on any atom is 0.142 e. The summed E-state index contributed by atoms with van der Waals surface area (Å²) in [5, 5.41) is 11.8. The molecule has 3 aromatic heterocycles. The van der Waals surface area contributed by atoms with E-state index in [-0.39, 0.29) is 0 Å². The standard InChI is InChI=1S/2C10H17NO.C9H15NO/c2*1-6(2)9-8(5)11-12-10(9)7(3)4;1-6(2)8-5-10-11-9(8)7(3)4/h2*6-7H,1-5H3;5-7H,1-4H3. The fourth-order valence-electron chi connectivity index (χ4n) is 4.15. The van der Waals surface area contributed by atoms with Crippen LogP contribution in [0.25, 0.3) is 0 Å². The Balaban J connectivity index is 0.000000263. The molecule has 0 atom stereocenters. The summed E-state index contributed by atoms with van der Waals surface area (Å²) in [4.78, 5) is 0. The van der Waals surface area contributed by atoms with Gasteiger partial charge in [0.1, 0.15) is 17.3 Å². The smallest absolute Gasteiger partial charge is 0.142 e. The molecule has 35 heavy (non-hydrogen) atoms. The number of aromatic nitrogens is 3. The number of hydrogen-bond acceptors (Lipinski definition) is 6. The van der Waals surface area contributed by atoms with Gasteiger partial charge in [-0.1, -0.05) is 98.6 Å². The Morgan fingerprint density at radius 2 is 0.857 bits per heavy atom. The van der Waals surface area contributed by atoms with Crippen LogP contribution in [0.2, 0.25) is 0 Å². The molecule has 0 unspecified atom stereocenters. The van der Waals surface area contributed by atoms with Crippen molar-refractivity contribution in [2.45, 2.75) is 132 Å². The van der Waals surface area contributed by atoms with Crippen LogP contribution < -0.4 is 0 Å². The normalized spacial score (nSPS) is 11.5. The van der Waals surface area contributed by atoms with Crippen LogP contribution >= 0.6 is 0 Å². The maximum absolute atomic E-state index is 5.27. The highest BCUT2D eigenvalue weighted by Crippen LogP contribution is 2.29. The third-order valence-corrected chi connectivity index (χ3v) is 5.85. The number of aryl methyl sites for hydroxylation is 2. The number of rotatable bonds is 6. The predicted octanol–water partition coefficient (Wildman–Crippen LogP) is 9.38. The largest absolute Gasteiger partial charge is 0.361 e. The van der Waals surface area contributed by atoms with E-state index in [9.17, 15) is 0 Å². The van der Waals surface area contributed by atoms with Gasteiger partial charge >= 0.3 is 0 Å². The van der Waals surface area contributed by atoms with Crippen LogP contribution in [0.4, 0.5) is 0 Å². The van der Waals surface area contributed by atoms with Gasteiger partial charge in [-0.3, -0.25) is 0 Å². The summed E-state index contributed by atoms with van der Waals surface area (Å²) in [7, 11) is 0. The summed E-state index contributed by atoms with van der Waals surface area (Å²) in [6.45, 7) is 29.8. The molecule has 0 radical (unpaired) electrons. The van der Waals surface area contributed by atoms with Crippen molar-refractivity contribution in [1.29, 1.82) is 0 Å². The zero-order valence-electron chi connectivity index (χ0n) is 24.6. The van der Waals surface area contributed by atoms with E-state index in [0.29, 0.717) is 35.5 Å². The Bertz CT molecular complexity index is 926. The summed E-state index contributed by atoms with van der Waals surface area (Å²) < 4.78 is 15.7. The quantitative estimate of drug-likeness (QED) is 0.344. The molecule has 0 saturated heterocycles. The molecule has 0 fully saturated rings. The van der Waals surface area contributed by atoms with Gasteiger partial charge in [0.15, 0.2) is 0 Å². The lowest BCUT2D eigenvalue weighted by atomic mass is 9.96. The molecular weight excluding hydrogens is 438 g/mol. The second kappa shape index (κ2) is 13.6. The van der Waals surface area contributed by atoms with E-state index in [4.69, 9.17) is 13.6 Å². The van der Waals surface area contributed by atoms with Crippen molar-refractivity contribution in [3.05, 3.63) is 51.6 Å². The first kappa shape index (κ1) is 30.7.